The van der Waals surface area contributed by atoms with Crippen LogP contribution in [0.3, 0.4) is 0 Å². The maximum absolute atomic E-state index is 12.3. The SMILES string of the molecule is COc1cc(C(=O)N2CC[C@H](C(=O)O)C2)ccc1C. The average molecular weight is 263 g/mol. The number of nitrogens with zero attached hydrogens (tertiary/aromatic N) is 1. The Morgan fingerprint density at radius 3 is 2.74 bits per heavy atom. The molecule has 0 aromatic heterocycles. The van der Waals surface area contributed by atoms with Gasteiger partial charge in [-0.2, -0.15) is 0 Å². The minimum atomic E-state index is -0.836. The summed E-state index contributed by atoms with van der Waals surface area (Å²) in [5, 5.41) is 8.94. The summed E-state index contributed by atoms with van der Waals surface area (Å²) in [7, 11) is 1.56. The minimum absolute atomic E-state index is 0.137. The third kappa shape index (κ3) is 2.70. The first-order chi connectivity index (χ1) is 9.02. The minimum Gasteiger partial charge on any atom is -0.496 e. The molecule has 1 saturated heterocycles. The maximum Gasteiger partial charge on any atom is 0.308 e. The zero-order chi connectivity index (χ0) is 14.0. The van der Waals surface area contributed by atoms with Crippen molar-refractivity contribution in [2.75, 3.05) is 20.2 Å². The second kappa shape index (κ2) is 5.30. The van der Waals surface area contributed by atoms with Crippen LogP contribution in [-0.2, 0) is 4.79 Å². The van der Waals surface area contributed by atoms with Crippen molar-refractivity contribution in [1.82, 2.24) is 4.90 Å². The van der Waals surface area contributed by atoms with Gasteiger partial charge in [0.15, 0.2) is 0 Å². The van der Waals surface area contributed by atoms with Gasteiger partial charge in [0, 0.05) is 18.7 Å². The second-order valence-electron chi connectivity index (χ2n) is 4.76. The van der Waals surface area contributed by atoms with Gasteiger partial charge < -0.3 is 14.7 Å². The van der Waals surface area contributed by atoms with E-state index in [2.05, 4.69) is 0 Å². The van der Waals surface area contributed by atoms with E-state index in [1.54, 1.807) is 24.1 Å². The first kappa shape index (κ1) is 13.4. The van der Waals surface area contributed by atoms with Crippen LogP contribution in [0.4, 0.5) is 0 Å². The van der Waals surface area contributed by atoms with Gasteiger partial charge in [0.05, 0.1) is 13.0 Å². The Morgan fingerprint density at radius 2 is 2.16 bits per heavy atom. The van der Waals surface area contributed by atoms with Crippen molar-refractivity contribution in [2.24, 2.45) is 5.92 Å². The molecule has 0 radical (unpaired) electrons. The Labute approximate surface area is 111 Å². The Hall–Kier alpha value is -2.04. The predicted molar refractivity (Wildman–Crippen MR) is 69.4 cm³/mol. The Bertz CT molecular complexity index is 512. The van der Waals surface area contributed by atoms with Gasteiger partial charge in [0.1, 0.15) is 5.75 Å². The molecule has 1 aromatic rings. The van der Waals surface area contributed by atoms with E-state index in [1.165, 1.54) is 0 Å². The van der Waals surface area contributed by atoms with Crippen LogP contribution in [0.15, 0.2) is 18.2 Å². The Kier molecular flexibility index (Phi) is 3.74. The van der Waals surface area contributed by atoms with Gasteiger partial charge in [-0.05, 0) is 31.0 Å². The normalized spacial score (nSPS) is 18.4. The molecule has 1 amide bonds. The number of carbonyl (C=O) groups is 2. The summed E-state index contributed by atoms with van der Waals surface area (Å²) in [5.41, 5.74) is 1.50. The number of hydrogen-bond acceptors (Lipinski definition) is 3. The van der Waals surface area contributed by atoms with E-state index in [4.69, 9.17) is 9.84 Å². The summed E-state index contributed by atoms with van der Waals surface area (Å²) in [6.45, 7) is 2.68. The lowest BCUT2D eigenvalue weighted by Crippen LogP contribution is -2.29. The van der Waals surface area contributed by atoms with Crippen molar-refractivity contribution >= 4 is 11.9 Å². The van der Waals surface area contributed by atoms with Gasteiger partial charge in [-0.1, -0.05) is 6.07 Å². The summed E-state index contributed by atoms with van der Waals surface area (Å²) >= 11 is 0. The number of amides is 1. The molecule has 102 valence electrons. The van der Waals surface area contributed by atoms with Crippen LogP contribution in [0.5, 0.6) is 5.75 Å². The highest BCUT2D eigenvalue weighted by atomic mass is 16.5. The van der Waals surface area contributed by atoms with Crippen LogP contribution < -0.4 is 4.74 Å². The third-order valence-electron chi connectivity index (χ3n) is 3.48. The summed E-state index contributed by atoms with van der Waals surface area (Å²) < 4.78 is 5.19. The fourth-order valence-electron chi connectivity index (χ4n) is 2.28. The molecule has 1 heterocycles. The van der Waals surface area contributed by atoms with Crippen molar-refractivity contribution in [3.63, 3.8) is 0 Å². The smallest absolute Gasteiger partial charge is 0.308 e. The van der Waals surface area contributed by atoms with Crippen molar-refractivity contribution in [3.8, 4) is 5.75 Å². The molecule has 1 aromatic carbocycles. The molecule has 0 saturated carbocycles. The van der Waals surface area contributed by atoms with E-state index in [9.17, 15) is 9.59 Å². The molecule has 1 atom stereocenters. The first-order valence-electron chi connectivity index (χ1n) is 6.19. The number of aryl methyl sites for hydroxylation is 1. The quantitative estimate of drug-likeness (QED) is 0.898. The lowest BCUT2D eigenvalue weighted by Gasteiger charge is -2.16. The van der Waals surface area contributed by atoms with Crippen LogP contribution in [0.2, 0.25) is 0 Å². The highest BCUT2D eigenvalue weighted by molar-refractivity contribution is 5.95. The second-order valence-corrected chi connectivity index (χ2v) is 4.76. The Balaban J connectivity index is 2.14. The van der Waals surface area contributed by atoms with Crippen LogP contribution in [-0.4, -0.2) is 42.1 Å². The number of carboxylic acid groups (broad SMARTS) is 1. The zero-order valence-corrected chi connectivity index (χ0v) is 11.0. The lowest BCUT2D eigenvalue weighted by atomic mass is 10.1. The van der Waals surface area contributed by atoms with Gasteiger partial charge in [0.2, 0.25) is 0 Å². The molecular weight excluding hydrogens is 246 g/mol. The number of likely N-dealkylation sites (tertiary alicyclic amines) is 1. The molecule has 19 heavy (non-hydrogen) atoms. The van der Waals surface area contributed by atoms with Crippen LogP contribution >= 0.6 is 0 Å². The number of carbonyl (C=O) groups excluding carboxylic acids is 1. The summed E-state index contributed by atoms with van der Waals surface area (Å²) in [4.78, 5) is 24.8. The van der Waals surface area contributed by atoms with E-state index >= 15 is 0 Å². The van der Waals surface area contributed by atoms with Gasteiger partial charge in [-0.25, -0.2) is 0 Å². The molecule has 5 nitrogen and oxygen atoms in total. The predicted octanol–water partition coefficient (Wildman–Crippen LogP) is 1.55. The topological polar surface area (TPSA) is 66.8 Å². The monoisotopic (exact) mass is 263 g/mol. The van der Waals surface area contributed by atoms with Gasteiger partial charge in [0.25, 0.3) is 5.91 Å². The van der Waals surface area contributed by atoms with E-state index in [1.807, 2.05) is 13.0 Å². The number of methoxy groups -OCH3 is 1. The van der Waals surface area contributed by atoms with E-state index in [0.717, 1.165) is 5.56 Å². The molecule has 0 spiro atoms. The summed E-state index contributed by atoms with van der Waals surface area (Å²) in [6.07, 6.45) is 0.518. The summed E-state index contributed by atoms with van der Waals surface area (Å²) in [5.74, 6) is -0.755. The first-order valence-corrected chi connectivity index (χ1v) is 6.19. The molecule has 0 bridgehead atoms. The van der Waals surface area contributed by atoms with Crippen molar-refractivity contribution in [2.45, 2.75) is 13.3 Å². The van der Waals surface area contributed by atoms with Crippen LogP contribution in [0.1, 0.15) is 22.3 Å². The molecule has 1 aliphatic rings. The fraction of sp³-hybridized carbons (Fsp3) is 0.429. The highest BCUT2D eigenvalue weighted by Crippen LogP contribution is 2.23. The molecule has 1 aliphatic heterocycles. The van der Waals surface area contributed by atoms with Crippen LogP contribution in [0.25, 0.3) is 0 Å². The fourth-order valence-corrected chi connectivity index (χ4v) is 2.28. The van der Waals surface area contributed by atoms with E-state index in [-0.39, 0.29) is 12.5 Å². The molecule has 0 aliphatic carbocycles. The number of carboxylic acids is 1. The number of hydrogen-bond donors (Lipinski definition) is 1. The zero-order valence-electron chi connectivity index (χ0n) is 11.0. The number of aliphatic carboxylic acids is 1. The van der Waals surface area contributed by atoms with Gasteiger partial charge >= 0.3 is 5.97 Å². The molecule has 2 rings (SSSR count). The molecule has 5 heteroatoms. The van der Waals surface area contributed by atoms with Crippen molar-refractivity contribution in [1.29, 1.82) is 0 Å². The lowest BCUT2D eigenvalue weighted by molar-refractivity contribution is -0.141. The van der Waals surface area contributed by atoms with Crippen LogP contribution in [0, 0.1) is 12.8 Å². The highest BCUT2D eigenvalue weighted by Gasteiger charge is 2.31. The average Bonchev–Trinajstić information content (AvgIpc) is 2.88. The van der Waals surface area contributed by atoms with E-state index < -0.39 is 11.9 Å². The van der Waals surface area contributed by atoms with Gasteiger partial charge in [-0.3, -0.25) is 9.59 Å². The van der Waals surface area contributed by atoms with Crippen molar-refractivity contribution < 1.29 is 19.4 Å². The number of ether oxygens (including phenoxy) is 1. The third-order valence-corrected chi connectivity index (χ3v) is 3.48. The molecule has 0 unspecified atom stereocenters. The molecular formula is C14H17NO4. The molecule has 1 N–H and O–H groups in total. The maximum atomic E-state index is 12.3. The van der Waals surface area contributed by atoms with E-state index in [0.29, 0.717) is 24.3 Å². The molecule has 1 fully saturated rings. The number of benzene rings is 1. The largest absolute Gasteiger partial charge is 0.496 e. The summed E-state index contributed by atoms with van der Waals surface area (Å²) in [6, 6.07) is 5.27. The van der Waals surface area contributed by atoms with Gasteiger partial charge in [-0.15, -0.1) is 0 Å². The Morgan fingerprint density at radius 1 is 1.42 bits per heavy atom. The standard InChI is InChI=1S/C14H17NO4/c1-9-3-4-10(7-12(9)19-2)13(16)15-6-5-11(8-15)14(17)18/h3-4,7,11H,5-6,8H2,1-2H3,(H,17,18)/t11-/m0/s1. The number of rotatable bonds is 3. The van der Waals surface area contributed by atoms with Crippen molar-refractivity contribution in [3.05, 3.63) is 29.3 Å².